The smallest absolute Gasteiger partial charge is 0.166 e. The van der Waals surface area contributed by atoms with Gasteiger partial charge >= 0.3 is 0 Å². The van der Waals surface area contributed by atoms with Crippen LogP contribution in [0.3, 0.4) is 0 Å². The predicted molar refractivity (Wildman–Crippen MR) is 115 cm³/mol. The van der Waals surface area contributed by atoms with Crippen molar-refractivity contribution in [3.8, 4) is 27.0 Å². The van der Waals surface area contributed by atoms with Crippen LogP contribution in [-0.4, -0.2) is 44.5 Å². The quantitative estimate of drug-likeness (QED) is 0.538. The first-order valence-corrected chi connectivity index (χ1v) is 10.6. The van der Waals surface area contributed by atoms with E-state index < -0.39 is 11.9 Å². The molecule has 0 aliphatic carbocycles. The van der Waals surface area contributed by atoms with E-state index in [2.05, 4.69) is 34.0 Å². The summed E-state index contributed by atoms with van der Waals surface area (Å²) in [5.41, 5.74) is 7.51. The summed E-state index contributed by atoms with van der Waals surface area (Å²) in [5, 5.41) is 18.7. The monoisotopic (exact) mass is 451 g/mol. The molecule has 0 spiro atoms. The van der Waals surface area contributed by atoms with E-state index in [1.54, 1.807) is 0 Å². The van der Waals surface area contributed by atoms with Crippen LogP contribution in [0.5, 0.6) is 5.75 Å². The normalized spacial score (nSPS) is 12.4. The summed E-state index contributed by atoms with van der Waals surface area (Å²) in [6.07, 6.45) is 0.763. The Balaban J connectivity index is 1.87. The summed E-state index contributed by atoms with van der Waals surface area (Å²) in [4.78, 5) is 9.06. The number of nitrogens with zero attached hydrogens (tertiary/aromatic N) is 4. The van der Waals surface area contributed by atoms with E-state index in [0.717, 1.165) is 17.9 Å². The SMILES string of the molecule is Cc1cc(-c2nnc(-c3cc(F)c(OC[C@H](N)CO)cc3Cl)s2)nc(CC(C)C)n1. The van der Waals surface area contributed by atoms with E-state index in [1.165, 1.54) is 23.5 Å². The Morgan fingerprint density at radius 2 is 1.93 bits per heavy atom. The molecule has 3 aromatic rings. The fourth-order valence-electron chi connectivity index (χ4n) is 2.68. The van der Waals surface area contributed by atoms with Crippen LogP contribution in [-0.2, 0) is 6.42 Å². The molecule has 0 saturated heterocycles. The van der Waals surface area contributed by atoms with Gasteiger partial charge in [-0.1, -0.05) is 36.8 Å². The molecule has 30 heavy (non-hydrogen) atoms. The highest BCUT2D eigenvalue weighted by molar-refractivity contribution is 7.17. The molecule has 0 unspecified atom stereocenters. The molecule has 0 aliphatic rings. The largest absolute Gasteiger partial charge is 0.489 e. The molecular formula is C20H23ClFN5O2S. The maximum absolute atomic E-state index is 14.5. The summed E-state index contributed by atoms with van der Waals surface area (Å²) < 4.78 is 19.8. The number of nitrogens with two attached hydrogens (primary N) is 1. The van der Waals surface area contributed by atoms with Crippen LogP contribution in [0.1, 0.15) is 25.4 Å². The maximum atomic E-state index is 14.5. The lowest BCUT2D eigenvalue weighted by atomic mass is 10.1. The standard InChI is InChI=1S/C20H23ClFN5O2S/c1-10(2)4-18-24-11(3)5-16(25-18)20-27-26-19(30-20)13-6-15(22)17(7-14(13)21)29-9-12(23)8-28/h5-7,10,12,28H,4,8-9,23H2,1-3H3/t12-/m1/s1. The van der Waals surface area contributed by atoms with Gasteiger partial charge in [0.1, 0.15) is 23.1 Å². The van der Waals surface area contributed by atoms with E-state index in [0.29, 0.717) is 27.2 Å². The Labute approximate surface area is 183 Å². The third-order valence-corrected chi connectivity index (χ3v) is 5.37. The average molecular weight is 452 g/mol. The van der Waals surface area contributed by atoms with Crippen molar-refractivity contribution in [1.82, 2.24) is 20.2 Å². The zero-order valence-corrected chi connectivity index (χ0v) is 18.5. The second kappa shape index (κ2) is 9.74. The van der Waals surface area contributed by atoms with Gasteiger partial charge in [-0.15, -0.1) is 10.2 Å². The zero-order chi connectivity index (χ0) is 21.8. The first-order valence-electron chi connectivity index (χ1n) is 9.44. The van der Waals surface area contributed by atoms with E-state index in [-0.39, 0.29) is 24.0 Å². The van der Waals surface area contributed by atoms with Crippen molar-refractivity contribution in [2.24, 2.45) is 11.7 Å². The highest BCUT2D eigenvalue weighted by Crippen LogP contribution is 2.37. The Morgan fingerprint density at radius 3 is 2.63 bits per heavy atom. The minimum absolute atomic E-state index is 0.0299. The van der Waals surface area contributed by atoms with Gasteiger partial charge in [0.2, 0.25) is 0 Å². The Hall–Kier alpha value is -2.20. The van der Waals surface area contributed by atoms with Crippen LogP contribution in [0.25, 0.3) is 21.3 Å². The molecule has 1 atom stereocenters. The summed E-state index contributed by atoms with van der Waals surface area (Å²) in [5.74, 6) is 0.540. The van der Waals surface area contributed by atoms with Crippen molar-refractivity contribution in [2.45, 2.75) is 33.2 Å². The number of aromatic nitrogens is 4. The van der Waals surface area contributed by atoms with Crippen LogP contribution in [0.2, 0.25) is 5.02 Å². The second-order valence-corrected chi connectivity index (χ2v) is 8.72. The van der Waals surface area contributed by atoms with Gasteiger partial charge < -0.3 is 15.6 Å². The fourth-order valence-corrected chi connectivity index (χ4v) is 3.82. The van der Waals surface area contributed by atoms with E-state index in [9.17, 15) is 4.39 Å². The molecule has 0 saturated carbocycles. The Morgan fingerprint density at radius 1 is 1.20 bits per heavy atom. The first kappa shape index (κ1) is 22.5. The molecule has 0 aliphatic heterocycles. The lowest BCUT2D eigenvalue weighted by molar-refractivity contribution is 0.202. The third kappa shape index (κ3) is 5.48. The molecule has 3 rings (SSSR count). The van der Waals surface area contributed by atoms with Gasteiger partial charge in [0, 0.05) is 23.7 Å². The molecule has 3 N–H and O–H groups in total. The molecule has 0 radical (unpaired) electrons. The van der Waals surface area contributed by atoms with Gasteiger partial charge in [-0.3, -0.25) is 0 Å². The highest BCUT2D eigenvalue weighted by Gasteiger charge is 2.18. The Bertz CT molecular complexity index is 1030. The molecule has 1 aromatic carbocycles. The van der Waals surface area contributed by atoms with Crippen molar-refractivity contribution in [1.29, 1.82) is 0 Å². The van der Waals surface area contributed by atoms with Gasteiger partial charge in [0.15, 0.2) is 16.6 Å². The predicted octanol–water partition coefficient (Wildman–Crippen LogP) is 3.66. The molecule has 10 heteroatoms. The van der Waals surface area contributed by atoms with Gasteiger partial charge in [0.25, 0.3) is 0 Å². The maximum Gasteiger partial charge on any atom is 0.166 e. The number of aliphatic hydroxyl groups is 1. The molecule has 0 bridgehead atoms. The van der Waals surface area contributed by atoms with Crippen LogP contribution in [0, 0.1) is 18.7 Å². The third-order valence-electron chi connectivity index (χ3n) is 4.07. The summed E-state index contributed by atoms with van der Waals surface area (Å²) in [7, 11) is 0. The molecule has 0 fully saturated rings. The number of hydrogen-bond acceptors (Lipinski definition) is 8. The zero-order valence-electron chi connectivity index (χ0n) is 16.9. The van der Waals surface area contributed by atoms with Crippen molar-refractivity contribution >= 4 is 22.9 Å². The van der Waals surface area contributed by atoms with Crippen LogP contribution < -0.4 is 10.5 Å². The number of benzene rings is 1. The summed E-state index contributed by atoms with van der Waals surface area (Å²) in [6.45, 7) is 5.83. The van der Waals surface area contributed by atoms with Crippen molar-refractivity contribution < 1.29 is 14.2 Å². The van der Waals surface area contributed by atoms with Crippen LogP contribution >= 0.6 is 22.9 Å². The van der Waals surface area contributed by atoms with E-state index in [1.807, 2.05) is 13.0 Å². The fraction of sp³-hybridized carbons (Fsp3) is 0.400. The molecule has 0 amide bonds. The van der Waals surface area contributed by atoms with Gasteiger partial charge in [0.05, 0.1) is 17.7 Å². The number of hydrogen-bond donors (Lipinski definition) is 2. The molecule has 2 heterocycles. The number of aryl methyl sites for hydroxylation is 1. The highest BCUT2D eigenvalue weighted by atomic mass is 35.5. The minimum atomic E-state index is -0.606. The number of ether oxygens (including phenoxy) is 1. The second-order valence-electron chi connectivity index (χ2n) is 7.34. The summed E-state index contributed by atoms with van der Waals surface area (Å²) in [6, 6.07) is 3.86. The topological polar surface area (TPSA) is 107 Å². The van der Waals surface area contributed by atoms with Gasteiger partial charge in [-0.05, 0) is 25.0 Å². The minimum Gasteiger partial charge on any atom is -0.489 e. The number of rotatable bonds is 8. The molecular weight excluding hydrogens is 429 g/mol. The number of aliphatic hydroxyl groups excluding tert-OH is 1. The van der Waals surface area contributed by atoms with Crippen molar-refractivity contribution in [3.63, 3.8) is 0 Å². The van der Waals surface area contributed by atoms with Gasteiger partial charge in [-0.25, -0.2) is 14.4 Å². The van der Waals surface area contributed by atoms with Gasteiger partial charge in [-0.2, -0.15) is 0 Å². The molecule has 2 aromatic heterocycles. The lowest BCUT2D eigenvalue weighted by Gasteiger charge is -2.12. The van der Waals surface area contributed by atoms with E-state index in [4.69, 9.17) is 27.2 Å². The Kier molecular flexibility index (Phi) is 7.30. The lowest BCUT2D eigenvalue weighted by Crippen LogP contribution is -2.31. The average Bonchev–Trinajstić information content (AvgIpc) is 3.17. The van der Waals surface area contributed by atoms with Crippen molar-refractivity contribution in [3.05, 3.63) is 40.6 Å². The van der Waals surface area contributed by atoms with Crippen molar-refractivity contribution in [2.75, 3.05) is 13.2 Å². The molecule has 7 nitrogen and oxygen atoms in total. The van der Waals surface area contributed by atoms with Crippen LogP contribution in [0.4, 0.5) is 4.39 Å². The van der Waals surface area contributed by atoms with E-state index >= 15 is 0 Å². The summed E-state index contributed by atoms with van der Waals surface area (Å²) >= 11 is 7.60. The number of halogens is 2. The van der Waals surface area contributed by atoms with Crippen LogP contribution in [0.15, 0.2) is 18.2 Å². The first-order chi connectivity index (χ1) is 14.3. The molecule has 160 valence electrons.